The van der Waals surface area contributed by atoms with Crippen LogP contribution in [0.2, 0.25) is 5.02 Å². The van der Waals surface area contributed by atoms with Gasteiger partial charge in [-0.3, -0.25) is 4.79 Å². The number of H-pyrrole nitrogens is 1. The highest BCUT2D eigenvalue weighted by Crippen LogP contribution is 2.40. The van der Waals surface area contributed by atoms with E-state index in [9.17, 15) is 4.79 Å². The van der Waals surface area contributed by atoms with Crippen LogP contribution in [0.25, 0.3) is 22.0 Å². The zero-order valence-corrected chi connectivity index (χ0v) is 22.8. The first-order valence-electron chi connectivity index (χ1n) is 12.7. The van der Waals surface area contributed by atoms with E-state index in [4.69, 9.17) is 16.3 Å². The lowest BCUT2D eigenvalue weighted by Gasteiger charge is -2.16. The van der Waals surface area contributed by atoms with Crippen LogP contribution in [0.5, 0.6) is 5.88 Å². The van der Waals surface area contributed by atoms with Gasteiger partial charge in [-0.2, -0.15) is 0 Å². The molecule has 6 nitrogen and oxygen atoms in total. The van der Waals surface area contributed by atoms with Crippen molar-refractivity contribution in [1.29, 1.82) is 0 Å². The molecule has 38 heavy (non-hydrogen) atoms. The largest absolute Gasteiger partial charge is 0.476 e. The van der Waals surface area contributed by atoms with Crippen LogP contribution < -0.4 is 10.1 Å². The van der Waals surface area contributed by atoms with Crippen LogP contribution in [0.3, 0.4) is 0 Å². The number of allylic oxidation sites excluding steroid dienone is 1. The van der Waals surface area contributed by atoms with E-state index in [-0.39, 0.29) is 5.91 Å². The van der Waals surface area contributed by atoms with Gasteiger partial charge in [-0.1, -0.05) is 73.1 Å². The maximum Gasteiger partial charge on any atom is 0.245 e. The number of amides is 1. The summed E-state index contributed by atoms with van der Waals surface area (Å²) in [5, 5.41) is 4.92. The van der Waals surface area contributed by atoms with Crippen molar-refractivity contribution < 1.29 is 9.53 Å². The number of aromatic nitrogens is 2. The number of nitrogens with one attached hydrogen (secondary N) is 2. The Labute approximate surface area is 229 Å². The minimum atomic E-state index is -0.0343. The summed E-state index contributed by atoms with van der Waals surface area (Å²) >= 11 is 6.93. The van der Waals surface area contributed by atoms with Gasteiger partial charge in [0.15, 0.2) is 0 Å². The van der Waals surface area contributed by atoms with E-state index in [1.807, 2.05) is 48.7 Å². The van der Waals surface area contributed by atoms with Crippen LogP contribution >= 0.6 is 11.6 Å². The van der Waals surface area contributed by atoms with E-state index in [2.05, 4.69) is 46.5 Å². The van der Waals surface area contributed by atoms with E-state index in [1.54, 1.807) is 26.2 Å². The highest BCUT2D eigenvalue weighted by atomic mass is 35.5. The highest BCUT2D eigenvalue weighted by molar-refractivity contribution is 6.38. The van der Waals surface area contributed by atoms with Crippen molar-refractivity contribution in [2.45, 2.75) is 13.3 Å². The Balaban J connectivity index is 1.54. The third-order valence-electron chi connectivity index (χ3n) is 6.19. The molecular weight excluding hydrogens is 496 g/mol. The number of rotatable bonds is 11. The topological polar surface area (TPSA) is 70.2 Å². The van der Waals surface area contributed by atoms with Crippen molar-refractivity contribution in [1.82, 2.24) is 20.2 Å². The van der Waals surface area contributed by atoms with Crippen LogP contribution in [0.15, 0.2) is 85.1 Å². The average molecular weight is 529 g/mol. The van der Waals surface area contributed by atoms with Crippen LogP contribution in [0.1, 0.15) is 30.2 Å². The molecule has 0 saturated carbocycles. The standard InChI is InChI=1S/C31H33ClN4O2/c1-4-24(22-11-6-5-7-12-22)29(31-30(32)25-13-8-9-14-26(25)35-31)23-16-17-27(34-21-23)38-20-19-33-18-10-15-28(37)36(2)3/h5-17,21,33,35H,4,18-20H2,1-3H3/b15-10+,29-24+. The number of likely N-dealkylation sites (N-methyl/N-ethyl adjacent to an activating group) is 1. The molecule has 0 atom stereocenters. The van der Waals surface area contributed by atoms with Crippen molar-refractivity contribution in [3.63, 3.8) is 0 Å². The summed E-state index contributed by atoms with van der Waals surface area (Å²) in [5.74, 6) is 0.515. The quantitative estimate of drug-likeness (QED) is 0.180. The van der Waals surface area contributed by atoms with E-state index in [1.165, 1.54) is 10.5 Å². The first kappa shape index (κ1) is 27.2. The van der Waals surface area contributed by atoms with E-state index in [0.29, 0.717) is 30.6 Å². The maximum atomic E-state index is 11.6. The zero-order valence-electron chi connectivity index (χ0n) is 22.0. The van der Waals surface area contributed by atoms with Gasteiger partial charge in [0.25, 0.3) is 0 Å². The third-order valence-corrected chi connectivity index (χ3v) is 6.58. The van der Waals surface area contributed by atoms with Crippen molar-refractivity contribution in [2.75, 3.05) is 33.8 Å². The lowest BCUT2D eigenvalue weighted by Crippen LogP contribution is -2.22. The smallest absolute Gasteiger partial charge is 0.245 e. The van der Waals surface area contributed by atoms with E-state index >= 15 is 0 Å². The Kier molecular flexibility index (Phi) is 9.35. The van der Waals surface area contributed by atoms with Crippen LogP contribution in [-0.2, 0) is 4.79 Å². The molecule has 196 valence electrons. The zero-order chi connectivity index (χ0) is 26.9. The second-order valence-corrected chi connectivity index (χ2v) is 9.38. The van der Waals surface area contributed by atoms with E-state index < -0.39 is 0 Å². The Morgan fingerprint density at radius 1 is 1.05 bits per heavy atom. The van der Waals surface area contributed by atoms with Gasteiger partial charge in [-0.05, 0) is 29.7 Å². The molecule has 0 aliphatic rings. The fourth-order valence-electron chi connectivity index (χ4n) is 4.25. The number of carbonyl (C=O) groups excluding carboxylic acids is 1. The summed E-state index contributed by atoms with van der Waals surface area (Å²) in [6, 6.07) is 22.4. The molecule has 7 heteroatoms. The van der Waals surface area contributed by atoms with Crippen molar-refractivity contribution in [3.05, 3.63) is 107 Å². The van der Waals surface area contributed by atoms with Crippen LogP contribution in [-0.4, -0.2) is 54.6 Å². The Bertz CT molecular complexity index is 1420. The van der Waals surface area contributed by atoms with Gasteiger partial charge < -0.3 is 19.9 Å². The second kappa shape index (κ2) is 13.1. The van der Waals surface area contributed by atoms with Crippen LogP contribution in [0.4, 0.5) is 0 Å². The van der Waals surface area contributed by atoms with Crippen molar-refractivity contribution >= 4 is 39.6 Å². The second-order valence-electron chi connectivity index (χ2n) is 9.01. The molecule has 0 aliphatic heterocycles. The highest BCUT2D eigenvalue weighted by Gasteiger charge is 2.19. The molecule has 4 aromatic rings. The van der Waals surface area contributed by atoms with Gasteiger partial charge in [-0.15, -0.1) is 0 Å². The maximum absolute atomic E-state index is 11.6. The number of hydrogen-bond donors (Lipinski definition) is 2. The lowest BCUT2D eigenvalue weighted by molar-refractivity contribution is -0.123. The number of hydrogen-bond acceptors (Lipinski definition) is 4. The molecule has 2 aromatic carbocycles. The molecule has 0 fully saturated rings. The molecule has 0 unspecified atom stereocenters. The fourth-order valence-corrected chi connectivity index (χ4v) is 4.56. The molecule has 1 amide bonds. The van der Waals surface area contributed by atoms with Gasteiger partial charge in [0.1, 0.15) is 6.61 Å². The number of benzene rings is 2. The minimum absolute atomic E-state index is 0.0343. The lowest BCUT2D eigenvalue weighted by atomic mass is 9.91. The molecule has 4 rings (SSSR count). The van der Waals surface area contributed by atoms with Gasteiger partial charge in [0.05, 0.1) is 10.7 Å². The van der Waals surface area contributed by atoms with Crippen molar-refractivity contribution in [2.24, 2.45) is 0 Å². The number of pyridine rings is 1. The first-order chi connectivity index (χ1) is 18.5. The Hall–Kier alpha value is -3.87. The van der Waals surface area contributed by atoms with Gasteiger partial charge >= 0.3 is 0 Å². The normalized spacial score (nSPS) is 12.1. The molecule has 0 aliphatic carbocycles. The molecule has 0 spiro atoms. The fraction of sp³-hybridized carbons (Fsp3) is 0.226. The number of ether oxygens (including phenoxy) is 1. The summed E-state index contributed by atoms with van der Waals surface area (Å²) < 4.78 is 5.83. The van der Waals surface area contributed by atoms with Gasteiger partial charge in [0.2, 0.25) is 11.8 Å². The SMILES string of the molecule is CC/C(=C(/c1ccc(OCCNC/C=C/C(=O)N(C)C)nc1)c1[nH]c2ccccc2c1Cl)c1ccccc1. The summed E-state index contributed by atoms with van der Waals surface area (Å²) in [5.41, 5.74) is 6.19. The number of carbonyl (C=O) groups is 1. The molecule has 0 saturated heterocycles. The number of para-hydroxylation sites is 1. The number of nitrogens with zero attached hydrogens (tertiary/aromatic N) is 2. The molecular formula is C31H33ClN4O2. The molecule has 2 heterocycles. The summed E-state index contributed by atoms with van der Waals surface area (Å²) in [6.45, 7) is 3.84. The predicted octanol–water partition coefficient (Wildman–Crippen LogP) is 6.20. The molecule has 0 bridgehead atoms. The van der Waals surface area contributed by atoms with Crippen LogP contribution in [0, 0.1) is 0 Å². The third kappa shape index (κ3) is 6.52. The molecule has 2 aromatic heterocycles. The number of fused-ring (bicyclic) bond motifs is 1. The molecule has 2 N–H and O–H groups in total. The van der Waals surface area contributed by atoms with Gasteiger partial charge in [0, 0.05) is 67.6 Å². The summed E-state index contributed by atoms with van der Waals surface area (Å²) in [7, 11) is 3.45. The predicted molar refractivity (Wildman–Crippen MR) is 156 cm³/mol. The van der Waals surface area contributed by atoms with Gasteiger partial charge in [-0.25, -0.2) is 4.98 Å². The van der Waals surface area contributed by atoms with E-state index in [0.717, 1.165) is 39.7 Å². The number of aromatic amines is 1. The minimum Gasteiger partial charge on any atom is -0.476 e. The Morgan fingerprint density at radius 3 is 2.50 bits per heavy atom. The summed E-state index contributed by atoms with van der Waals surface area (Å²) in [4.78, 5) is 21.2. The average Bonchev–Trinajstić information content (AvgIpc) is 3.27. The molecule has 0 radical (unpaired) electrons. The summed E-state index contributed by atoms with van der Waals surface area (Å²) in [6.07, 6.45) is 6.02. The Morgan fingerprint density at radius 2 is 1.82 bits per heavy atom. The number of halogens is 1. The van der Waals surface area contributed by atoms with Crippen molar-refractivity contribution in [3.8, 4) is 5.88 Å². The monoisotopic (exact) mass is 528 g/mol. The first-order valence-corrected chi connectivity index (χ1v) is 13.1.